The normalized spacial score (nSPS) is 22.8. The molecule has 1 aromatic rings. The summed E-state index contributed by atoms with van der Waals surface area (Å²) in [6.45, 7) is 7.45. The Labute approximate surface area is 173 Å². The summed E-state index contributed by atoms with van der Waals surface area (Å²) in [7, 11) is 0. The van der Waals surface area contributed by atoms with E-state index in [1.165, 1.54) is 41.2 Å². The molecule has 1 aliphatic carbocycles. The highest BCUT2D eigenvalue weighted by atomic mass is 19.1. The summed E-state index contributed by atoms with van der Waals surface area (Å²) in [6, 6.07) is 6.26. The van der Waals surface area contributed by atoms with E-state index in [-0.39, 0.29) is 17.6 Å². The molecule has 0 unspecified atom stereocenters. The van der Waals surface area contributed by atoms with Crippen molar-refractivity contribution >= 4 is 17.5 Å². The SMILES string of the molecule is CCN(C(=O)C[NH+]1CC[NH+](CC(=O)Nc2ccc(F)cc2)CC1)C1CCCCC1. The average Bonchev–Trinajstić information content (AvgIpc) is 2.72. The van der Waals surface area contributed by atoms with Crippen LogP contribution in [0.1, 0.15) is 39.0 Å². The van der Waals surface area contributed by atoms with Gasteiger partial charge in [0, 0.05) is 18.3 Å². The van der Waals surface area contributed by atoms with E-state index in [9.17, 15) is 14.0 Å². The Bertz CT molecular complexity index is 668. The zero-order valence-electron chi connectivity index (χ0n) is 17.5. The molecule has 1 heterocycles. The number of hydrogen-bond donors (Lipinski definition) is 3. The molecule has 1 saturated carbocycles. The van der Waals surface area contributed by atoms with E-state index in [1.54, 1.807) is 12.1 Å². The summed E-state index contributed by atoms with van der Waals surface area (Å²) in [5.41, 5.74) is 0.619. The molecule has 29 heavy (non-hydrogen) atoms. The fraction of sp³-hybridized carbons (Fsp3) is 0.636. The molecule has 0 spiro atoms. The lowest BCUT2D eigenvalue weighted by Crippen LogP contribution is -3.28. The number of rotatable bonds is 7. The van der Waals surface area contributed by atoms with Crippen LogP contribution in [0.4, 0.5) is 10.1 Å². The van der Waals surface area contributed by atoms with Gasteiger partial charge in [-0.2, -0.15) is 0 Å². The number of benzene rings is 1. The molecule has 0 aromatic heterocycles. The van der Waals surface area contributed by atoms with Gasteiger partial charge >= 0.3 is 0 Å². The zero-order chi connectivity index (χ0) is 20.6. The maximum Gasteiger partial charge on any atom is 0.279 e. The standard InChI is InChI=1S/C22H33FN4O2/c1-2-27(20-6-4-3-5-7-20)22(29)17-26-14-12-25(13-15-26)16-21(28)24-19-10-8-18(23)9-11-19/h8-11,20H,2-7,12-17H2,1H3,(H,24,28)/p+2. The quantitative estimate of drug-likeness (QED) is 0.584. The van der Waals surface area contributed by atoms with Crippen molar-refractivity contribution in [1.82, 2.24) is 4.90 Å². The fourth-order valence-electron chi connectivity index (χ4n) is 4.62. The molecule has 3 rings (SSSR count). The Morgan fingerprint density at radius 3 is 2.17 bits per heavy atom. The molecule has 2 fully saturated rings. The molecular formula is C22H35FN4O2+2. The van der Waals surface area contributed by atoms with E-state index in [0.29, 0.717) is 24.8 Å². The van der Waals surface area contributed by atoms with E-state index in [0.717, 1.165) is 45.6 Å². The number of nitrogens with zero attached hydrogens (tertiary/aromatic N) is 1. The van der Waals surface area contributed by atoms with Crippen molar-refractivity contribution < 1.29 is 23.8 Å². The number of carbonyl (C=O) groups is 2. The Morgan fingerprint density at radius 2 is 1.59 bits per heavy atom. The number of quaternary nitrogens is 2. The molecule has 0 radical (unpaired) electrons. The second-order valence-corrected chi connectivity index (χ2v) is 8.38. The summed E-state index contributed by atoms with van der Waals surface area (Å²) >= 11 is 0. The summed E-state index contributed by atoms with van der Waals surface area (Å²) in [6.07, 6.45) is 6.08. The summed E-state index contributed by atoms with van der Waals surface area (Å²) in [5, 5.41) is 2.82. The molecule has 0 bridgehead atoms. The molecule has 3 N–H and O–H groups in total. The lowest BCUT2D eigenvalue weighted by atomic mass is 9.94. The number of nitrogens with one attached hydrogen (secondary N) is 3. The van der Waals surface area contributed by atoms with Crippen LogP contribution >= 0.6 is 0 Å². The third-order valence-electron chi connectivity index (χ3n) is 6.28. The fourth-order valence-corrected chi connectivity index (χ4v) is 4.62. The minimum absolute atomic E-state index is 0.0550. The molecule has 0 atom stereocenters. The minimum atomic E-state index is -0.313. The predicted octanol–water partition coefficient (Wildman–Crippen LogP) is -0.271. The Balaban J connectivity index is 1.39. The molecule has 7 heteroatoms. The molecule has 1 saturated heterocycles. The van der Waals surface area contributed by atoms with Gasteiger partial charge in [0.25, 0.3) is 11.8 Å². The van der Waals surface area contributed by atoms with E-state index >= 15 is 0 Å². The number of piperazine rings is 1. The van der Waals surface area contributed by atoms with Gasteiger partial charge in [-0.15, -0.1) is 0 Å². The van der Waals surface area contributed by atoms with Crippen LogP contribution in [0.25, 0.3) is 0 Å². The zero-order valence-corrected chi connectivity index (χ0v) is 17.5. The lowest BCUT2D eigenvalue weighted by Gasteiger charge is -2.35. The molecule has 2 aliphatic rings. The second kappa shape index (κ2) is 10.7. The van der Waals surface area contributed by atoms with Gasteiger partial charge < -0.3 is 20.0 Å². The van der Waals surface area contributed by atoms with Gasteiger partial charge in [0.2, 0.25) is 0 Å². The predicted molar refractivity (Wildman–Crippen MR) is 110 cm³/mol. The second-order valence-electron chi connectivity index (χ2n) is 8.38. The summed E-state index contributed by atoms with van der Waals surface area (Å²) in [5.74, 6) is -0.0834. The highest BCUT2D eigenvalue weighted by Gasteiger charge is 2.30. The van der Waals surface area contributed by atoms with Crippen LogP contribution in [-0.2, 0) is 9.59 Å². The third kappa shape index (κ3) is 6.51. The number of amides is 2. The van der Waals surface area contributed by atoms with Gasteiger partial charge in [-0.1, -0.05) is 19.3 Å². The molecular weight excluding hydrogens is 371 g/mol. The van der Waals surface area contributed by atoms with Crippen LogP contribution in [0.5, 0.6) is 0 Å². The molecule has 1 aromatic carbocycles. The van der Waals surface area contributed by atoms with Crippen molar-refractivity contribution in [3.8, 4) is 0 Å². The molecule has 6 nitrogen and oxygen atoms in total. The van der Waals surface area contributed by atoms with Crippen LogP contribution in [-0.4, -0.2) is 68.6 Å². The third-order valence-corrected chi connectivity index (χ3v) is 6.28. The highest BCUT2D eigenvalue weighted by molar-refractivity contribution is 5.91. The van der Waals surface area contributed by atoms with Gasteiger partial charge in [-0.3, -0.25) is 9.59 Å². The largest absolute Gasteiger partial charge is 0.335 e. The first-order valence-electron chi connectivity index (χ1n) is 11.1. The van der Waals surface area contributed by atoms with Crippen LogP contribution in [0.15, 0.2) is 24.3 Å². The Kier molecular flexibility index (Phi) is 8.00. The smallest absolute Gasteiger partial charge is 0.279 e. The first-order valence-corrected chi connectivity index (χ1v) is 11.1. The van der Waals surface area contributed by atoms with Crippen molar-refractivity contribution in [2.45, 2.75) is 45.1 Å². The van der Waals surface area contributed by atoms with Crippen LogP contribution in [0.2, 0.25) is 0 Å². The van der Waals surface area contributed by atoms with Crippen molar-refractivity contribution in [3.05, 3.63) is 30.1 Å². The van der Waals surface area contributed by atoms with Gasteiger partial charge in [0.15, 0.2) is 13.1 Å². The highest BCUT2D eigenvalue weighted by Crippen LogP contribution is 2.22. The van der Waals surface area contributed by atoms with Crippen LogP contribution < -0.4 is 15.1 Å². The maximum absolute atomic E-state index is 13.0. The topological polar surface area (TPSA) is 58.3 Å². The van der Waals surface area contributed by atoms with Gasteiger partial charge in [0.05, 0.1) is 0 Å². The van der Waals surface area contributed by atoms with E-state index in [4.69, 9.17) is 0 Å². The molecule has 160 valence electrons. The Hall–Kier alpha value is -1.99. The molecule has 1 aliphatic heterocycles. The maximum atomic E-state index is 13.0. The monoisotopic (exact) mass is 406 g/mol. The van der Waals surface area contributed by atoms with Crippen LogP contribution in [0, 0.1) is 5.82 Å². The molecule has 2 amide bonds. The lowest BCUT2D eigenvalue weighted by molar-refractivity contribution is -1.00. The van der Waals surface area contributed by atoms with Crippen LogP contribution in [0.3, 0.4) is 0 Å². The average molecular weight is 407 g/mol. The number of anilines is 1. The Morgan fingerprint density at radius 1 is 1.00 bits per heavy atom. The van der Waals surface area contributed by atoms with Crippen molar-refractivity contribution in [2.75, 3.05) is 51.1 Å². The number of carbonyl (C=O) groups excluding carboxylic acids is 2. The van der Waals surface area contributed by atoms with Gasteiger partial charge in [-0.05, 0) is 44.0 Å². The first kappa shape index (κ1) is 21.7. The van der Waals surface area contributed by atoms with E-state index in [2.05, 4.69) is 17.1 Å². The first-order chi connectivity index (χ1) is 14.0. The van der Waals surface area contributed by atoms with Crippen molar-refractivity contribution in [1.29, 1.82) is 0 Å². The summed E-state index contributed by atoms with van der Waals surface area (Å²) < 4.78 is 13.0. The number of halogens is 1. The number of likely N-dealkylation sites (N-methyl/N-ethyl adjacent to an activating group) is 1. The van der Waals surface area contributed by atoms with E-state index < -0.39 is 0 Å². The van der Waals surface area contributed by atoms with Crippen molar-refractivity contribution in [3.63, 3.8) is 0 Å². The summed E-state index contributed by atoms with van der Waals surface area (Å²) in [4.78, 5) is 29.7. The minimum Gasteiger partial charge on any atom is -0.335 e. The number of hydrogen-bond acceptors (Lipinski definition) is 2. The van der Waals surface area contributed by atoms with E-state index in [1.807, 2.05) is 0 Å². The van der Waals surface area contributed by atoms with Crippen molar-refractivity contribution in [2.24, 2.45) is 0 Å². The van der Waals surface area contributed by atoms with Gasteiger partial charge in [-0.25, -0.2) is 4.39 Å². The van der Waals surface area contributed by atoms with Gasteiger partial charge in [0.1, 0.15) is 32.0 Å².